The molecule has 0 N–H and O–H groups in total. The van der Waals surface area contributed by atoms with Crippen LogP contribution in [-0.4, -0.2) is 12.0 Å². The maximum atomic E-state index is 13.6. The van der Waals surface area contributed by atoms with Crippen LogP contribution >= 0.6 is 22.9 Å². The van der Waals surface area contributed by atoms with Crippen molar-refractivity contribution in [3.05, 3.63) is 45.7 Å². The number of nitrogens with zero attached hydrogens (tertiary/aromatic N) is 2. The summed E-state index contributed by atoms with van der Waals surface area (Å²) in [4.78, 5) is 6.37. The summed E-state index contributed by atoms with van der Waals surface area (Å²) >= 11 is 7.43. The molecule has 96 valence electrons. The molecule has 0 aliphatic rings. The van der Waals surface area contributed by atoms with Gasteiger partial charge in [-0.05, 0) is 19.1 Å². The molecule has 5 heteroatoms. The van der Waals surface area contributed by atoms with Crippen molar-refractivity contribution in [3.63, 3.8) is 0 Å². The fourth-order valence-corrected chi connectivity index (χ4v) is 2.71. The van der Waals surface area contributed by atoms with Crippen molar-refractivity contribution in [1.29, 1.82) is 0 Å². The normalized spacial score (nSPS) is 10.7. The number of hydrogen-bond donors (Lipinski definition) is 0. The summed E-state index contributed by atoms with van der Waals surface area (Å²) in [6.45, 7) is 2.62. The van der Waals surface area contributed by atoms with Crippen LogP contribution in [0.2, 0.25) is 0 Å². The average molecular weight is 285 g/mol. The molecule has 1 aromatic carbocycles. The Hall–Kier alpha value is -1.13. The number of aromatic nitrogens is 1. The first kappa shape index (κ1) is 13.3. The van der Waals surface area contributed by atoms with Gasteiger partial charge in [-0.1, -0.05) is 6.07 Å². The minimum Gasteiger partial charge on any atom is -0.368 e. The lowest BCUT2D eigenvalue weighted by Crippen LogP contribution is -2.18. The summed E-state index contributed by atoms with van der Waals surface area (Å²) in [6.07, 6.45) is 0. The van der Waals surface area contributed by atoms with Crippen LogP contribution in [0.3, 0.4) is 0 Å². The van der Waals surface area contributed by atoms with Gasteiger partial charge in [0, 0.05) is 23.7 Å². The fourth-order valence-electron chi connectivity index (χ4n) is 1.85. The number of anilines is 1. The van der Waals surface area contributed by atoms with Crippen molar-refractivity contribution in [2.45, 2.75) is 19.3 Å². The summed E-state index contributed by atoms with van der Waals surface area (Å²) in [5.74, 6) is -0.0913. The molecule has 0 atom stereocenters. The van der Waals surface area contributed by atoms with Crippen molar-refractivity contribution < 1.29 is 4.39 Å². The summed E-state index contributed by atoms with van der Waals surface area (Å²) in [5.41, 5.74) is 2.34. The van der Waals surface area contributed by atoms with Crippen LogP contribution in [0, 0.1) is 12.7 Å². The highest BCUT2D eigenvalue weighted by molar-refractivity contribution is 7.09. The quantitative estimate of drug-likeness (QED) is 0.790. The Labute approximate surface area is 115 Å². The number of rotatable bonds is 4. The zero-order valence-electron chi connectivity index (χ0n) is 10.3. The molecule has 2 rings (SSSR count). The number of hydrogen-bond acceptors (Lipinski definition) is 3. The molecule has 0 amide bonds. The maximum Gasteiger partial charge on any atom is 0.129 e. The van der Waals surface area contributed by atoms with Gasteiger partial charge in [-0.2, -0.15) is 0 Å². The molecule has 1 aromatic heterocycles. The Kier molecular flexibility index (Phi) is 4.19. The van der Waals surface area contributed by atoms with Crippen molar-refractivity contribution in [1.82, 2.24) is 4.98 Å². The van der Waals surface area contributed by atoms with Crippen molar-refractivity contribution in [3.8, 4) is 0 Å². The lowest BCUT2D eigenvalue weighted by atomic mass is 10.1. The summed E-state index contributed by atoms with van der Waals surface area (Å²) in [7, 11) is 1.92. The Bertz CT molecular complexity index is 542. The molecule has 0 spiro atoms. The summed E-state index contributed by atoms with van der Waals surface area (Å²) in [5, 5.41) is 3.06. The molecule has 18 heavy (non-hydrogen) atoms. The molecular weight excluding hydrogens is 271 g/mol. The van der Waals surface area contributed by atoms with E-state index in [1.165, 1.54) is 6.07 Å². The molecule has 0 aliphatic carbocycles. The third-order valence-electron chi connectivity index (χ3n) is 2.70. The van der Waals surface area contributed by atoms with Crippen molar-refractivity contribution in [2.24, 2.45) is 0 Å². The van der Waals surface area contributed by atoms with E-state index in [9.17, 15) is 4.39 Å². The number of thiazole rings is 1. The Morgan fingerprint density at radius 1 is 1.44 bits per heavy atom. The third kappa shape index (κ3) is 2.82. The Balaban J connectivity index is 2.23. The van der Waals surface area contributed by atoms with Gasteiger partial charge in [-0.15, -0.1) is 22.9 Å². The fraction of sp³-hybridized carbons (Fsp3) is 0.308. The van der Waals surface area contributed by atoms with Crippen LogP contribution in [0.4, 0.5) is 10.1 Å². The van der Waals surface area contributed by atoms with E-state index in [0.29, 0.717) is 12.1 Å². The third-order valence-corrected chi connectivity index (χ3v) is 3.79. The van der Waals surface area contributed by atoms with E-state index in [1.54, 1.807) is 17.4 Å². The highest BCUT2D eigenvalue weighted by atomic mass is 35.5. The van der Waals surface area contributed by atoms with E-state index in [4.69, 9.17) is 11.6 Å². The molecule has 0 fully saturated rings. The van der Waals surface area contributed by atoms with Gasteiger partial charge in [0.25, 0.3) is 0 Å². The molecule has 0 saturated carbocycles. The van der Waals surface area contributed by atoms with E-state index in [-0.39, 0.29) is 11.7 Å². The zero-order chi connectivity index (χ0) is 13.1. The monoisotopic (exact) mass is 284 g/mol. The van der Waals surface area contributed by atoms with Gasteiger partial charge in [0.15, 0.2) is 0 Å². The van der Waals surface area contributed by atoms with E-state index >= 15 is 0 Å². The predicted octanol–water partition coefficient (Wildman–Crippen LogP) is 3.97. The van der Waals surface area contributed by atoms with Gasteiger partial charge in [0.05, 0.1) is 23.1 Å². The predicted molar refractivity (Wildman–Crippen MR) is 74.9 cm³/mol. The van der Waals surface area contributed by atoms with Gasteiger partial charge in [-0.3, -0.25) is 0 Å². The van der Waals surface area contributed by atoms with E-state index in [2.05, 4.69) is 4.98 Å². The number of benzene rings is 1. The Morgan fingerprint density at radius 3 is 2.83 bits per heavy atom. The van der Waals surface area contributed by atoms with Crippen LogP contribution in [0.25, 0.3) is 0 Å². The minimum atomic E-state index is -0.260. The second kappa shape index (κ2) is 5.67. The van der Waals surface area contributed by atoms with Crippen molar-refractivity contribution in [2.75, 3.05) is 11.9 Å². The largest absolute Gasteiger partial charge is 0.368 e. The van der Waals surface area contributed by atoms with E-state index < -0.39 is 0 Å². The first-order valence-corrected chi connectivity index (χ1v) is 6.98. The minimum absolute atomic E-state index is 0.169. The van der Waals surface area contributed by atoms with Crippen LogP contribution in [-0.2, 0) is 12.4 Å². The molecule has 0 saturated heterocycles. The van der Waals surface area contributed by atoms with E-state index in [1.807, 2.05) is 30.3 Å². The van der Waals surface area contributed by atoms with Gasteiger partial charge >= 0.3 is 0 Å². The second-order valence-electron chi connectivity index (χ2n) is 4.09. The van der Waals surface area contributed by atoms with Gasteiger partial charge in [0.2, 0.25) is 0 Å². The number of alkyl halides is 1. The smallest absolute Gasteiger partial charge is 0.129 e. The molecule has 0 radical (unpaired) electrons. The molecular formula is C13H14ClFN2S. The summed E-state index contributed by atoms with van der Waals surface area (Å²) < 4.78 is 13.6. The van der Waals surface area contributed by atoms with Gasteiger partial charge in [-0.25, -0.2) is 9.37 Å². The summed E-state index contributed by atoms with van der Waals surface area (Å²) in [6, 6.07) is 5.01. The van der Waals surface area contributed by atoms with Gasteiger partial charge in [0.1, 0.15) is 5.82 Å². The topological polar surface area (TPSA) is 16.1 Å². The Morgan fingerprint density at radius 2 is 2.22 bits per heavy atom. The van der Waals surface area contributed by atoms with Crippen LogP contribution in [0.15, 0.2) is 23.6 Å². The highest BCUT2D eigenvalue weighted by Crippen LogP contribution is 2.25. The highest BCUT2D eigenvalue weighted by Gasteiger charge is 2.12. The second-order valence-corrected chi connectivity index (χ2v) is 5.41. The van der Waals surface area contributed by atoms with Crippen LogP contribution < -0.4 is 4.90 Å². The molecule has 0 unspecified atom stereocenters. The zero-order valence-corrected chi connectivity index (χ0v) is 11.9. The maximum absolute atomic E-state index is 13.6. The van der Waals surface area contributed by atoms with Gasteiger partial charge < -0.3 is 4.90 Å². The van der Waals surface area contributed by atoms with Crippen LogP contribution in [0.5, 0.6) is 0 Å². The van der Waals surface area contributed by atoms with Crippen molar-refractivity contribution >= 4 is 28.6 Å². The van der Waals surface area contributed by atoms with E-state index in [0.717, 1.165) is 16.4 Å². The average Bonchev–Trinajstić information content (AvgIpc) is 2.74. The van der Waals surface area contributed by atoms with Crippen LogP contribution in [0.1, 0.15) is 16.3 Å². The molecule has 1 heterocycles. The lowest BCUT2D eigenvalue weighted by Gasteiger charge is -2.21. The molecule has 0 aliphatic heterocycles. The first-order valence-electron chi connectivity index (χ1n) is 5.57. The SMILES string of the molecule is Cc1nc(CN(C)c2cccc(F)c2CCl)cs1. The molecule has 2 aromatic rings. The first-order chi connectivity index (χ1) is 8.61. The number of aryl methyl sites for hydroxylation is 1. The molecule has 2 nitrogen and oxygen atoms in total. The standard InChI is InChI=1S/C13H14ClFN2S/c1-9-16-10(8-18-9)7-17(2)13-5-3-4-12(15)11(13)6-14/h3-5,8H,6-7H2,1-2H3. The number of halogens is 2. The lowest BCUT2D eigenvalue weighted by molar-refractivity contribution is 0.616. The molecule has 0 bridgehead atoms.